The fourth-order valence-electron chi connectivity index (χ4n) is 2.91. The Hall–Kier alpha value is -2.66. The van der Waals surface area contributed by atoms with E-state index in [2.05, 4.69) is 10.6 Å². The number of likely N-dealkylation sites (N-methyl/N-ethyl adjacent to an activating group) is 1. The molecular weight excluding hydrogens is 326 g/mol. The Morgan fingerprint density at radius 1 is 0.846 bits per heavy atom. The van der Waals surface area contributed by atoms with Gasteiger partial charge >= 0.3 is 0 Å². The van der Waals surface area contributed by atoms with Crippen LogP contribution in [0.15, 0.2) is 60.7 Å². The number of hydrogen-bond donors (Lipinski definition) is 2. The Labute approximate surface area is 155 Å². The first-order valence-corrected chi connectivity index (χ1v) is 8.77. The SMILES string of the molecule is CC(=O)N[C@H](CC(=O)N[C@@H](CN(C)C)c1ccccc1)c1ccccc1. The highest BCUT2D eigenvalue weighted by atomic mass is 16.2. The second-order valence-corrected chi connectivity index (χ2v) is 6.66. The molecule has 5 nitrogen and oxygen atoms in total. The summed E-state index contributed by atoms with van der Waals surface area (Å²) in [7, 11) is 3.96. The summed E-state index contributed by atoms with van der Waals surface area (Å²) in [4.78, 5) is 26.3. The lowest BCUT2D eigenvalue weighted by atomic mass is 10.0. The molecule has 0 aliphatic rings. The number of nitrogens with one attached hydrogen (secondary N) is 2. The Kier molecular flexibility index (Phi) is 7.36. The van der Waals surface area contributed by atoms with Crippen LogP contribution in [0.25, 0.3) is 0 Å². The molecule has 0 saturated heterocycles. The summed E-state index contributed by atoms with van der Waals surface area (Å²) in [5, 5.41) is 5.98. The predicted molar refractivity (Wildman–Crippen MR) is 103 cm³/mol. The van der Waals surface area contributed by atoms with E-state index < -0.39 is 0 Å². The first kappa shape index (κ1) is 19.7. The second kappa shape index (κ2) is 9.73. The largest absolute Gasteiger partial charge is 0.349 e. The summed E-state index contributed by atoms with van der Waals surface area (Å²) in [6, 6.07) is 19.0. The average molecular weight is 353 g/mol. The van der Waals surface area contributed by atoms with Gasteiger partial charge < -0.3 is 15.5 Å². The molecule has 0 bridgehead atoms. The second-order valence-electron chi connectivity index (χ2n) is 6.66. The molecule has 0 aromatic heterocycles. The monoisotopic (exact) mass is 353 g/mol. The van der Waals surface area contributed by atoms with Crippen molar-refractivity contribution in [1.29, 1.82) is 0 Å². The van der Waals surface area contributed by atoms with Crippen molar-refractivity contribution in [1.82, 2.24) is 15.5 Å². The molecule has 2 amide bonds. The smallest absolute Gasteiger partial charge is 0.222 e. The van der Waals surface area contributed by atoms with E-state index >= 15 is 0 Å². The van der Waals surface area contributed by atoms with E-state index in [-0.39, 0.29) is 30.3 Å². The molecule has 0 saturated carbocycles. The van der Waals surface area contributed by atoms with E-state index in [1.165, 1.54) is 6.92 Å². The first-order chi connectivity index (χ1) is 12.5. The summed E-state index contributed by atoms with van der Waals surface area (Å²) in [6.45, 7) is 2.17. The van der Waals surface area contributed by atoms with Crippen molar-refractivity contribution in [2.45, 2.75) is 25.4 Å². The molecule has 138 valence electrons. The van der Waals surface area contributed by atoms with Gasteiger partial charge in [0.2, 0.25) is 11.8 Å². The lowest BCUT2D eigenvalue weighted by Crippen LogP contribution is -2.38. The van der Waals surface area contributed by atoms with E-state index in [4.69, 9.17) is 0 Å². The van der Waals surface area contributed by atoms with Gasteiger partial charge in [-0.15, -0.1) is 0 Å². The molecule has 0 heterocycles. The molecule has 0 fully saturated rings. The van der Waals surface area contributed by atoms with Crippen molar-refractivity contribution in [3.8, 4) is 0 Å². The highest BCUT2D eigenvalue weighted by Gasteiger charge is 2.20. The Balaban J connectivity index is 2.10. The molecular formula is C21H27N3O2. The van der Waals surface area contributed by atoms with E-state index in [0.29, 0.717) is 6.54 Å². The third-order valence-corrected chi connectivity index (χ3v) is 4.05. The normalized spacial score (nSPS) is 13.1. The zero-order chi connectivity index (χ0) is 18.9. The minimum Gasteiger partial charge on any atom is -0.349 e. The minimum absolute atomic E-state index is 0.0942. The maximum Gasteiger partial charge on any atom is 0.222 e. The van der Waals surface area contributed by atoms with E-state index in [0.717, 1.165) is 11.1 Å². The van der Waals surface area contributed by atoms with Gasteiger partial charge in [-0.25, -0.2) is 0 Å². The van der Waals surface area contributed by atoms with Crippen LogP contribution in [0.2, 0.25) is 0 Å². The maximum atomic E-state index is 12.7. The Morgan fingerprint density at radius 2 is 1.35 bits per heavy atom. The van der Waals surface area contributed by atoms with Gasteiger partial charge in [-0.2, -0.15) is 0 Å². The van der Waals surface area contributed by atoms with Gasteiger partial charge in [-0.1, -0.05) is 60.7 Å². The van der Waals surface area contributed by atoms with Gasteiger partial charge in [0.25, 0.3) is 0 Å². The van der Waals surface area contributed by atoms with Crippen LogP contribution in [0.4, 0.5) is 0 Å². The molecule has 2 rings (SSSR count). The molecule has 2 N–H and O–H groups in total. The van der Waals surface area contributed by atoms with Crippen molar-refractivity contribution in [2.75, 3.05) is 20.6 Å². The van der Waals surface area contributed by atoms with Gasteiger partial charge in [0.15, 0.2) is 0 Å². The van der Waals surface area contributed by atoms with E-state index in [1.54, 1.807) is 0 Å². The topological polar surface area (TPSA) is 61.4 Å². The summed E-state index contributed by atoms with van der Waals surface area (Å²) >= 11 is 0. The zero-order valence-electron chi connectivity index (χ0n) is 15.6. The third-order valence-electron chi connectivity index (χ3n) is 4.05. The number of nitrogens with zero attached hydrogens (tertiary/aromatic N) is 1. The number of benzene rings is 2. The summed E-state index contributed by atoms with van der Waals surface area (Å²) < 4.78 is 0. The molecule has 0 aliphatic heterocycles. The first-order valence-electron chi connectivity index (χ1n) is 8.77. The molecule has 2 atom stereocenters. The van der Waals surface area contributed by atoms with Crippen LogP contribution in [0.1, 0.15) is 36.6 Å². The number of carbonyl (C=O) groups is 2. The van der Waals surface area contributed by atoms with Crippen molar-refractivity contribution in [3.63, 3.8) is 0 Å². The Morgan fingerprint density at radius 3 is 1.81 bits per heavy atom. The summed E-state index contributed by atoms with van der Waals surface area (Å²) in [5.41, 5.74) is 1.98. The lowest BCUT2D eigenvalue weighted by Gasteiger charge is -2.24. The van der Waals surface area contributed by atoms with Crippen molar-refractivity contribution in [3.05, 3.63) is 71.8 Å². The van der Waals surface area contributed by atoms with Gasteiger partial charge in [0.1, 0.15) is 0 Å². The molecule has 0 radical (unpaired) electrons. The fourth-order valence-corrected chi connectivity index (χ4v) is 2.91. The average Bonchev–Trinajstić information content (AvgIpc) is 2.61. The van der Waals surface area contributed by atoms with Gasteiger partial charge in [-0.05, 0) is 25.2 Å². The zero-order valence-corrected chi connectivity index (χ0v) is 15.6. The van der Waals surface area contributed by atoms with Crippen LogP contribution in [0.3, 0.4) is 0 Å². The molecule has 0 aliphatic carbocycles. The van der Waals surface area contributed by atoms with Crippen molar-refractivity contribution < 1.29 is 9.59 Å². The van der Waals surface area contributed by atoms with Crippen LogP contribution in [-0.4, -0.2) is 37.4 Å². The lowest BCUT2D eigenvalue weighted by molar-refractivity contribution is -0.123. The number of rotatable bonds is 8. The number of hydrogen-bond acceptors (Lipinski definition) is 3. The highest BCUT2D eigenvalue weighted by Crippen LogP contribution is 2.18. The van der Waals surface area contributed by atoms with E-state index in [1.807, 2.05) is 79.7 Å². The fraction of sp³-hybridized carbons (Fsp3) is 0.333. The predicted octanol–water partition coefficient (Wildman–Crippen LogP) is 2.67. The van der Waals surface area contributed by atoms with Crippen LogP contribution in [0, 0.1) is 0 Å². The molecule has 0 spiro atoms. The van der Waals surface area contributed by atoms with Crippen molar-refractivity contribution in [2.24, 2.45) is 0 Å². The molecule has 5 heteroatoms. The molecule has 0 unspecified atom stereocenters. The van der Waals surface area contributed by atoms with Crippen LogP contribution in [0.5, 0.6) is 0 Å². The summed E-state index contributed by atoms with van der Waals surface area (Å²) in [6.07, 6.45) is 0.195. The Bertz CT molecular complexity index is 702. The van der Waals surface area contributed by atoms with Crippen LogP contribution >= 0.6 is 0 Å². The number of amides is 2. The quantitative estimate of drug-likeness (QED) is 0.767. The maximum absolute atomic E-state index is 12.7. The molecule has 2 aromatic carbocycles. The van der Waals surface area contributed by atoms with E-state index in [9.17, 15) is 9.59 Å². The third kappa shape index (κ3) is 6.33. The minimum atomic E-state index is -0.343. The van der Waals surface area contributed by atoms with Gasteiger partial charge in [-0.3, -0.25) is 9.59 Å². The molecule has 26 heavy (non-hydrogen) atoms. The van der Waals surface area contributed by atoms with Crippen molar-refractivity contribution >= 4 is 11.8 Å². The molecule has 2 aromatic rings. The van der Waals surface area contributed by atoms with Crippen LogP contribution in [-0.2, 0) is 9.59 Å². The van der Waals surface area contributed by atoms with Gasteiger partial charge in [0.05, 0.1) is 18.5 Å². The standard InChI is InChI=1S/C21H27N3O2/c1-16(25)22-19(17-10-6-4-7-11-17)14-21(26)23-20(15-24(2)3)18-12-8-5-9-13-18/h4-13,19-20H,14-15H2,1-3H3,(H,22,25)(H,23,26)/t19-,20+/m1/s1. The number of carbonyl (C=O) groups excluding carboxylic acids is 2. The summed E-state index contributed by atoms with van der Waals surface area (Å²) in [5.74, 6) is -0.247. The van der Waals surface area contributed by atoms with Gasteiger partial charge in [0, 0.05) is 13.5 Å². The van der Waals surface area contributed by atoms with Crippen LogP contribution < -0.4 is 10.6 Å². The highest BCUT2D eigenvalue weighted by molar-refractivity contribution is 5.79.